The molecular formula is C9H26OSi2. The summed E-state index contributed by atoms with van der Waals surface area (Å²) in [4.78, 5) is 0. The molecule has 0 radical (unpaired) electrons. The first-order valence-electron chi connectivity index (χ1n) is 4.76. The topological polar surface area (TPSA) is 9.23 Å². The van der Waals surface area contributed by atoms with Crippen molar-refractivity contribution in [2.45, 2.75) is 47.3 Å². The van der Waals surface area contributed by atoms with Crippen molar-refractivity contribution in [1.29, 1.82) is 0 Å². The van der Waals surface area contributed by atoms with Crippen LogP contribution in [-0.4, -0.2) is 18.8 Å². The molecule has 12 heavy (non-hydrogen) atoms. The fourth-order valence-electron chi connectivity index (χ4n) is 0. The normalized spacial score (nSPS) is 11.8. The first-order chi connectivity index (χ1) is 5.20. The lowest BCUT2D eigenvalue weighted by molar-refractivity contribution is 0.457. The van der Waals surface area contributed by atoms with Gasteiger partial charge in [-0.25, -0.2) is 0 Å². The first kappa shape index (κ1) is 14.9. The minimum absolute atomic E-state index is 0.852. The Balaban J connectivity index is 0. The van der Waals surface area contributed by atoms with Crippen molar-refractivity contribution in [1.82, 2.24) is 0 Å². The van der Waals surface area contributed by atoms with Gasteiger partial charge in [0.25, 0.3) is 0 Å². The Morgan fingerprint density at radius 1 is 0.917 bits per heavy atom. The van der Waals surface area contributed by atoms with Crippen LogP contribution in [0.15, 0.2) is 0 Å². The summed E-state index contributed by atoms with van der Waals surface area (Å²) in [7, 11) is -0.160. The third kappa shape index (κ3) is 16.8. The van der Waals surface area contributed by atoms with Crippen molar-refractivity contribution in [3.63, 3.8) is 0 Å². The summed E-state index contributed by atoms with van der Waals surface area (Å²) in [5.74, 6) is 1.70. The highest BCUT2D eigenvalue weighted by atomic mass is 28.4. The molecule has 0 unspecified atom stereocenters. The highest BCUT2D eigenvalue weighted by molar-refractivity contribution is 6.72. The SMILES string of the molecule is CC(C)C(C)C.C[Si](C)(C)O[SiH3]. The van der Waals surface area contributed by atoms with E-state index in [1.807, 2.05) is 0 Å². The Kier molecular flexibility index (Phi) is 8.52. The van der Waals surface area contributed by atoms with Crippen molar-refractivity contribution in [3.8, 4) is 0 Å². The summed E-state index contributed by atoms with van der Waals surface area (Å²) >= 11 is 0. The van der Waals surface area contributed by atoms with Gasteiger partial charge in [0.15, 0.2) is 8.32 Å². The van der Waals surface area contributed by atoms with Gasteiger partial charge in [0.2, 0.25) is 0 Å². The third-order valence-electron chi connectivity index (χ3n) is 1.95. The van der Waals surface area contributed by atoms with Crippen molar-refractivity contribution in [2.75, 3.05) is 0 Å². The lowest BCUT2D eigenvalue weighted by Crippen LogP contribution is -2.23. The van der Waals surface area contributed by atoms with Crippen LogP contribution in [0.2, 0.25) is 19.6 Å². The van der Waals surface area contributed by atoms with Gasteiger partial charge in [-0.05, 0) is 31.5 Å². The Morgan fingerprint density at radius 3 is 1.08 bits per heavy atom. The van der Waals surface area contributed by atoms with Crippen LogP contribution in [0.1, 0.15) is 27.7 Å². The molecule has 0 spiro atoms. The molecule has 0 fully saturated rings. The Bertz CT molecular complexity index is 89.2. The fourth-order valence-corrected chi connectivity index (χ4v) is 0. The second kappa shape index (κ2) is 6.86. The van der Waals surface area contributed by atoms with Crippen LogP contribution >= 0.6 is 0 Å². The maximum atomic E-state index is 5.22. The third-order valence-corrected chi connectivity index (χ3v) is 6.84. The van der Waals surface area contributed by atoms with E-state index in [9.17, 15) is 0 Å². The van der Waals surface area contributed by atoms with Crippen LogP contribution in [-0.2, 0) is 4.12 Å². The lowest BCUT2D eigenvalue weighted by Gasteiger charge is -2.11. The maximum Gasteiger partial charge on any atom is 0.169 e. The van der Waals surface area contributed by atoms with Gasteiger partial charge in [-0.15, -0.1) is 0 Å². The molecule has 3 heteroatoms. The monoisotopic (exact) mass is 206 g/mol. The van der Waals surface area contributed by atoms with Gasteiger partial charge in [0.1, 0.15) is 10.5 Å². The fraction of sp³-hybridized carbons (Fsp3) is 1.00. The average Bonchev–Trinajstić information content (AvgIpc) is 1.87. The molecule has 1 nitrogen and oxygen atoms in total. The van der Waals surface area contributed by atoms with Crippen molar-refractivity contribution < 1.29 is 4.12 Å². The molecule has 76 valence electrons. The summed E-state index contributed by atoms with van der Waals surface area (Å²) in [6, 6.07) is 0. The number of hydrogen-bond acceptors (Lipinski definition) is 1. The Morgan fingerprint density at radius 2 is 1.08 bits per heavy atom. The van der Waals surface area contributed by atoms with Crippen LogP contribution in [0.3, 0.4) is 0 Å². The average molecular weight is 206 g/mol. The van der Waals surface area contributed by atoms with Crippen LogP contribution in [0.5, 0.6) is 0 Å². The van der Waals surface area contributed by atoms with E-state index in [-0.39, 0.29) is 0 Å². The van der Waals surface area contributed by atoms with Gasteiger partial charge in [-0.1, -0.05) is 27.7 Å². The number of hydrogen-bond donors (Lipinski definition) is 0. The van der Waals surface area contributed by atoms with Gasteiger partial charge < -0.3 is 4.12 Å². The highest BCUT2D eigenvalue weighted by Crippen LogP contribution is 2.05. The van der Waals surface area contributed by atoms with E-state index in [1.165, 1.54) is 0 Å². The molecule has 0 atom stereocenters. The largest absolute Gasteiger partial charge is 0.464 e. The number of rotatable bonds is 2. The first-order valence-corrected chi connectivity index (χ1v) is 8.98. The standard InChI is InChI=1S/C6H14.C3H12OSi2/c1-5(2)6(3)4;1-6(2,3)4-5/h5-6H,1-4H3;1-3,5H3. The predicted octanol–water partition coefficient (Wildman–Crippen LogP) is 2.42. The molecule has 0 amide bonds. The van der Waals surface area contributed by atoms with Gasteiger partial charge in [0.05, 0.1) is 0 Å². The lowest BCUT2D eigenvalue weighted by atomic mass is 10.0. The van der Waals surface area contributed by atoms with E-state index < -0.39 is 8.32 Å². The molecule has 0 N–H and O–H groups in total. The second-order valence-corrected chi connectivity index (χ2v) is 10.7. The molecule has 0 bridgehead atoms. The van der Waals surface area contributed by atoms with Crippen molar-refractivity contribution >= 4 is 18.8 Å². The van der Waals surface area contributed by atoms with Gasteiger partial charge in [0, 0.05) is 0 Å². The zero-order valence-corrected chi connectivity index (χ0v) is 13.1. The molecule has 0 aliphatic heterocycles. The quantitative estimate of drug-likeness (QED) is 0.631. The summed E-state index contributed by atoms with van der Waals surface area (Å²) in [6.45, 7) is 15.5. The molecule has 0 aromatic heterocycles. The molecule has 0 aromatic rings. The molecule has 0 saturated carbocycles. The molecule has 0 heterocycles. The van der Waals surface area contributed by atoms with E-state index in [0.29, 0.717) is 0 Å². The van der Waals surface area contributed by atoms with Crippen molar-refractivity contribution in [3.05, 3.63) is 0 Å². The Labute approximate surface area is 82.6 Å². The highest BCUT2D eigenvalue weighted by Gasteiger charge is 2.08. The molecule has 0 aliphatic rings. The molecular weight excluding hydrogens is 180 g/mol. The molecule has 0 aliphatic carbocycles. The second-order valence-electron chi connectivity index (χ2n) is 4.80. The van der Waals surface area contributed by atoms with E-state index in [1.54, 1.807) is 0 Å². The van der Waals surface area contributed by atoms with Gasteiger partial charge in [-0.2, -0.15) is 0 Å². The van der Waals surface area contributed by atoms with Crippen molar-refractivity contribution in [2.24, 2.45) is 11.8 Å². The predicted molar refractivity (Wildman–Crippen MR) is 64.0 cm³/mol. The van der Waals surface area contributed by atoms with Crippen LogP contribution in [0, 0.1) is 11.8 Å². The van der Waals surface area contributed by atoms with Crippen LogP contribution in [0.25, 0.3) is 0 Å². The van der Waals surface area contributed by atoms with E-state index >= 15 is 0 Å². The van der Waals surface area contributed by atoms with Gasteiger partial charge >= 0.3 is 0 Å². The van der Waals surface area contributed by atoms with E-state index in [2.05, 4.69) is 47.3 Å². The minimum atomic E-state index is -1.07. The van der Waals surface area contributed by atoms with E-state index in [4.69, 9.17) is 4.12 Å². The molecule has 0 aromatic carbocycles. The summed E-state index contributed by atoms with van der Waals surface area (Å²) in [6.07, 6.45) is 0. The smallest absolute Gasteiger partial charge is 0.169 e. The maximum absolute atomic E-state index is 5.22. The Hall–Kier alpha value is 0.394. The summed E-state index contributed by atoms with van der Waals surface area (Å²) in [5, 5.41) is 0. The molecule has 0 rings (SSSR count). The zero-order chi connectivity index (χ0) is 10.4. The summed E-state index contributed by atoms with van der Waals surface area (Å²) < 4.78 is 5.22. The van der Waals surface area contributed by atoms with E-state index in [0.717, 1.165) is 22.3 Å². The van der Waals surface area contributed by atoms with Crippen LogP contribution < -0.4 is 0 Å². The minimum Gasteiger partial charge on any atom is -0.464 e. The zero-order valence-electron chi connectivity index (χ0n) is 10.1. The van der Waals surface area contributed by atoms with Gasteiger partial charge in [-0.3, -0.25) is 0 Å². The molecule has 0 saturated heterocycles. The van der Waals surface area contributed by atoms with Crippen LogP contribution in [0.4, 0.5) is 0 Å². The summed E-state index contributed by atoms with van der Waals surface area (Å²) in [5.41, 5.74) is 0.